The Labute approximate surface area is 193 Å². The van der Waals surface area contributed by atoms with Crippen molar-refractivity contribution in [2.24, 2.45) is 40.9 Å². The first-order valence-corrected chi connectivity index (χ1v) is 13.6. The molecular formula is C29H50O2. The molecule has 0 N–H and O–H groups in total. The zero-order chi connectivity index (χ0) is 22.6. The molecule has 3 aliphatic rings. The van der Waals surface area contributed by atoms with Gasteiger partial charge >= 0.3 is 5.97 Å². The van der Waals surface area contributed by atoms with Gasteiger partial charge < -0.3 is 4.74 Å². The van der Waals surface area contributed by atoms with E-state index in [0.29, 0.717) is 5.41 Å². The summed E-state index contributed by atoms with van der Waals surface area (Å²) in [5.74, 6) is 5.24. The third-order valence-electron chi connectivity index (χ3n) is 9.42. The van der Waals surface area contributed by atoms with Crippen LogP contribution in [0.3, 0.4) is 0 Å². The first-order valence-electron chi connectivity index (χ1n) is 13.6. The fourth-order valence-corrected chi connectivity index (χ4v) is 7.94. The maximum atomic E-state index is 11.5. The minimum Gasteiger partial charge on any atom is -0.462 e. The van der Waals surface area contributed by atoms with Crippen LogP contribution in [0.1, 0.15) is 119 Å². The van der Waals surface area contributed by atoms with Gasteiger partial charge in [0.05, 0.1) is 0 Å². The lowest BCUT2D eigenvalue weighted by atomic mass is 9.54. The number of ether oxygens (including phenoxy) is 1. The van der Waals surface area contributed by atoms with Crippen LogP contribution in [-0.2, 0) is 9.53 Å². The molecule has 2 fully saturated rings. The third kappa shape index (κ3) is 5.97. The molecule has 5 unspecified atom stereocenters. The van der Waals surface area contributed by atoms with Crippen molar-refractivity contribution in [3.63, 3.8) is 0 Å². The third-order valence-corrected chi connectivity index (χ3v) is 9.42. The van der Waals surface area contributed by atoms with Crippen LogP contribution in [0.5, 0.6) is 0 Å². The summed E-state index contributed by atoms with van der Waals surface area (Å²) in [6.45, 7) is 13.7. The van der Waals surface area contributed by atoms with Crippen LogP contribution in [0.2, 0.25) is 0 Å². The highest BCUT2D eigenvalue weighted by molar-refractivity contribution is 5.66. The Balaban J connectivity index is 1.61. The van der Waals surface area contributed by atoms with Gasteiger partial charge in [-0.15, -0.1) is 0 Å². The lowest BCUT2D eigenvalue weighted by molar-refractivity contribution is -0.146. The minimum atomic E-state index is -0.124. The van der Waals surface area contributed by atoms with E-state index in [1.165, 1.54) is 57.8 Å². The molecule has 0 aromatic heterocycles. The molecule has 2 nitrogen and oxygen atoms in total. The zero-order valence-corrected chi connectivity index (χ0v) is 21.4. The summed E-state index contributed by atoms with van der Waals surface area (Å²) in [4.78, 5) is 11.5. The molecule has 0 aliphatic heterocycles. The van der Waals surface area contributed by atoms with E-state index in [1.54, 1.807) is 12.5 Å². The van der Waals surface area contributed by atoms with E-state index in [9.17, 15) is 4.79 Å². The Bertz CT molecular complexity index is 620. The second-order valence-corrected chi connectivity index (χ2v) is 12.1. The van der Waals surface area contributed by atoms with Gasteiger partial charge in [-0.05, 0) is 85.9 Å². The molecule has 0 aromatic carbocycles. The summed E-state index contributed by atoms with van der Waals surface area (Å²) in [5, 5.41) is 0. The van der Waals surface area contributed by atoms with E-state index < -0.39 is 0 Å². The molecule has 31 heavy (non-hydrogen) atoms. The van der Waals surface area contributed by atoms with Gasteiger partial charge in [0.25, 0.3) is 0 Å². The summed E-state index contributed by atoms with van der Waals surface area (Å²) in [6, 6.07) is 0. The fourth-order valence-electron chi connectivity index (χ4n) is 7.94. The molecule has 0 spiro atoms. The van der Waals surface area contributed by atoms with Crippen LogP contribution in [0.4, 0.5) is 0 Å². The van der Waals surface area contributed by atoms with Crippen molar-refractivity contribution < 1.29 is 9.53 Å². The van der Waals surface area contributed by atoms with Crippen LogP contribution in [0.25, 0.3) is 0 Å². The summed E-state index contributed by atoms with van der Waals surface area (Å²) in [5.41, 5.74) is 2.15. The molecular weight excluding hydrogens is 380 g/mol. The van der Waals surface area contributed by atoms with Gasteiger partial charge in [-0.25, -0.2) is 0 Å². The largest absolute Gasteiger partial charge is 0.462 e. The van der Waals surface area contributed by atoms with Gasteiger partial charge in [0.1, 0.15) is 6.10 Å². The SMILES string of the molecule is CCC[C@@H](CC1=CCC2C(CC[C@]3(C)C(C(C)CCCC(C)C)CCC23)C1)OC(C)=O. The molecule has 0 amide bonds. The van der Waals surface area contributed by atoms with Crippen molar-refractivity contribution in [1.29, 1.82) is 0 Å². The molecule has 3 aliphatic carbocycles. The number of carbonyl (C=O) groups is 1. The molecule has 3 rings (SSSR count). The van der Waals surface area contributed by atoms with Gasteiger partial charge in [0.2, 0.25) is 0 Å². The van der Waals surface area contributed by atoms with E-state index in [1.807, 2.05) is 0 Å². The zero-order valence-electron chi connectivity index (χ0n) is 21.4. The standard InChI is InChI=1S/C29H50O2/c1-7-9-25(31-22(5)30)19-23-12-13-26-24(18-23)16-17-29(6)27(14-15-28(26)29)21(4)11-8-10-20(2)3/h12,20-21,24-28H,7-11,13-19H2,1-6H3/t21?,24?,25-,26?,27?,28?,29+/m0/s1. The van der Waals surface area contributed by atoms with Gasteiger partial charge in [0, 0.05) is 13.3 Å². The molecule has 0 saturated heterocycles. The van der Waals surface area contributed by atoms with Gasteiger partial charge in [-0.1, -0.05) is 72.0 Å². The van der Waals surface area contributed by atoms with Crippen molar-refractivity contribution in [2.75, 3.05) is 0 Å². The van der Waals surface area contributed by atoms with Gasteiger partial charge in [-0.2, -0.15) is 0 Å². The lowest BCUT2D eigenvalue weighted by Crippen LogP contribution is -2.43. The van der Waals surface area contributed by atoms with Crippen molar-refractivity contribution in [2.45, 2.75) is 125 Å². The second-order valence-electron chi connectivity index (χ2n) is 12.1. The Hall–Kier alpha value is -0.790. The van der Waals surface area contributed by atoms with E-state index in [2.05, 4.69) is 40.7 Å². The van der Waals surface area contributed by atoms with Gasteiger partial charge in [-0.3, -0.25) is 4.79 Å². The molecule has 0 bridgehead atoms. The van der Waals surface area contributed by atoms with Crippen LogP contribution in [0.15, 0.2) is 11.6 Å². The topological polar surface area (TPSA) is 26.3 Å². The Kier molecular flexibility index (Phi) is 8.72. The number of hydrogen-bond acceptors (Lipinski definition) is 2. The van der Waals surface area contributed by atoms with Crippen LogP contribution < -0.4 is 0 Å². The molecule has 2 saturated carbocycles. The Morgan fingerprint density at radius 2 is 1.94 bits per heavy atom. The van der Waals surface area contributed by atoms with Crippen molar-refractivity contribution in [3.05, 3.63) is 11.6 Å². The van der Waals surface area contributed by atoms with Crippen molar-refractivity contribution in [3.8, 4) is 0 Å². The smallest absolute Gasteiger partial charge is 0.302 e. The normalized spacial score (nSPS) is 34.6. The summed E-state index contributed by atoms with van der Waals surface area (Å²) in [7, 11) is 0. The van der Waals surface area contributed by atoms with Crippen molar-refractivity contribution >= 4 is 5.97 Å². The average Bonchev–Trinajstić information content (AvgIpc) is 3.05. The molecule has 0 radical (unpaired) electrons. The highest BCUT2D eigenvalue weighted by Crippen LogP contribution is 2.63. The minimum absolute atomic E-state index is 0.0849. The molecule has 7 atom stereocenters. The van der Waals surface area contributed by atoms with E-state index >= 15 is 0 Å². The van der Waals surface area contributed by atoms with E-state index in [0.717, 1.165) is 54.8 Å². The van der Waals surface area contributed by atoms with Crippen LogP contribution >= 0.6 is 0 Å². The average molecular weight is 431 g/mol. The predicted octanol–water partition coefficient (Wildman–Crippen LogP) is 8.35. The quantitative estimate of drug-likeness (QED) is 0.257. The molecule has 2 heteroatoms. The monoisotopic (exact) mass is 430 g/mol. The second kappa shape index (κ2) is 10.9. The summed E-state index contributed by atoms with van der Waals surface area (Å²) in [6.07, 6.45) is 18.2. The van der Waals surface area contributed by atoms with E-state index in [-0.39, 0.29) is 12.1 Å². The van der Waals surface area contributed by atoms with Crippen LogP contribution in [-0.4, -0.2) is 12.1 Å². The molecule has 0 heterocycles. The number of allylic oxidation sites excluding steroid dienone is 1. The number of esters is 1. The number of rotatable bonds is 10. The number of hydrogen-bond donors (Lipinski definition) is 0. The summed E-state index contributed by atoms with van der Waals surface area (Å²) < 4.78 is 5.62. The molecule has 178 valence electrons. The maximum absolute atomic E-state index is 11.5. The highest BCUT2D eigenvalue weighted by atomic mass is 16.5. The van der Waals surface area contributed by atoms with E-state index in [4.69, 9.17) is 4.74 Å². The summed E-state index contributed by atoms with van der Waals surface area (Å²) >= 11 is 0. The predicted molar refractivity (Wildman–Crippen MR) is 131 cm³/mol. The number of fused-ring (bicyclic) bond motifs is 3. The maximum Gasteiger partial charge on any atom is 0.302 e. The first kappa shape index (κ1) is 24.8. The van der Waals surface area contributed by atoms with Crippen molar-refractivity contribution in [1.82, 2.24) is 0 Å². The Morgan fingerprint density at radius 3 is 2.61 bits per heavy atom. The Morgan fingerprint density at radius 1 is 1.16 bits per heavy atom. The lowest BCUT2D eigenvalue weighted by Gasteiger charge is -2.51. The van der Waals surface area contributed by atoms with Gasteiger partial charge in [0.15, 0.2) is 0 Å². The fraction of sp³-hybridized carbons (Fsp3) is 0.897. The van der Waals surface area contributed by atoms with Crippen LogP contribution in [0, 0.1) is 40.9 Å². The first-order chi connectivity index (χ1) is 14.7. The highest BCUT2D eigenvalue weighted by Gasteiger charge is 2.54. The number of carbonyl (C=O) groups excluding carboxylic acids is 1. The molecule has 0 aromatic rings.